The van der Waals surface area contributed by atoms with E-state index in [1.165, 1.54) is 18.4 Å². The number of nitrogens with two attached hydrogens (primary N) is 2. The predicted octanol–water partition coefficient (Wildman–Crippen LogP) is 1.25. The van der Waals surface area contributed by atoms with Crippen molar-refractivity contribution in [3.63, 3.8) is 0 Å². The lowest BCUT2D eigenvalue weighted by Crippen LogP contribution is -2.59. The van der Waals surface area contributed by atoms with E-state index in [9.17, 15) is 0 Å². The summed E-state index contributed by atoms with van der Waals surface area (Å²) in [5.41, 5.74) is 14.6. The third kappa shape index (κ3) is 2.82. The van der Waals surface area contributed by atoms with E-state index in [0.29, 0.717) is 24.0 Å². The SMILES string of the molecule is NC1C=CC(NC2C3=CC=CC[C@@H]3NC3CCC=CC32)=CC1N. The fourth-order valence-electron chi connectivity index (χ4n) is 4.18. The Bertz CT molecular complexity index is 613. The van der Waals surface area contributed by atoms with Crippen LogP contribution in [0.1, 0.15) is 19.3 Å². The third-order valence-electron chi connectivity index (χ3n) is 5.46. The van der Waals surface area contributed by atoms with Crippen LogP contribution in [0.4, 0.5) is 0 Å². The Labute approximate surface area is 138 Å². The number of hydrogen-bond donors (Lipinski definition) is 4. The molecule has 0 spiro atoms. The largest absolute Gasteiger partial charge is 0.378 e. The molecule has 23 heavy (non-hydrogen) atoms. The van der Waals surface area contributed by atoms with Gasteiger partial charge in [-0.3, -0.25) is 0 Å². The van der Waals surface area contributed by atoms with Crippen molar-refractivity contribution < 1.29 is 0 Å². The lowest BCUT2D eigenvalue weighted by atomic mass is 9.73. The number of allylic oxidation sites excluding steroid dienone is 4. The molecule has 5 unspecified atom stereocenters. The van der Waals surface area contributed by atoms with Gasteiger partial charge in [0.15, 0.2) is 0 Å². The monoisotopic (exact) mass is 310 g/mol. The van der Waals surface area contributed by atoms with Gasteiger partial charge in [0.05, 0.1) is 6.04 Å². The summed E-state index contributed by atoms with van der Waals surface area (Å²) in [6.07, 6.45) is 21.0. The predicted molar refractivity (Wildman–Crippen MR) is 94.5 cm³/mol. The van der Waals surface area contributed by atoms with Gasteiger partial charge >= 0.3 is 0 Å². The van der Waals surface area contributed by atoms with E-state index >= 15 is 0 Å². The zero-order valence-electron chi connectivity index (χ0n) is 13.4. The number of hydrogen-bond acceptors (Lipinski definition) is 4. The Morgan fingerprint density at radius 3 is 2.91 bits per heavy atom. The van der Waals surface area contributed by atoms with Gasteiger partial charge in [-0.05, 0) is 37.0 Å². The maximum atomic E-state index is 6.09. The number of nitrogens with one attached hydrogen (secondary N) is 2. The number of fused-ring (bicyclic) bond motifs is 2. The van der Waals surface area contributed by atoms with Crippen molar-refractivity contribution in [1.29, 1.82) is 0 Å². The van der Waals surface area contributed by atoms with Crippen LogP contribution in [0.2, 0.25) is 0 Å². The highest BCUT2D eigenvalue weighted by molar-refractivity contribution is 5.37. The summed E-state index contributed by atoms with van der Waals surface area (Å²) in [7, 11) is 0. The topological polar surface area (TPSA) is 76.1 Å². The zero-order chi connectivity index (χ0) is 15.8. The molecule has 0 radical (unpaired) electrons. The Kier molecular flexibility index (Phi) is 3.97. The van der Waals surface area contributed by atoms with Gasteiger partial charge in [-0.25, -0.2) is 0 Å². The Morgan fingerprint density at radius 2 is 2.04 bits per heavy atom. The van der Waals surface area contributed by atoms with Crippen LogP contribution in [0, 0.1) is 5.92 Å². The molecule has 0 aromatic carbocycles. The van der Waals surface area contributed by atoms with Crippen molar-refractivity contribution in [2.75, 3.05) is 0 Å². The van der Waals surface area contributed by atoms with Gasteiger partial charge < -0.3 is 22.1 Å². The minimum absolute atomic E-state index is 0.0829. The van der Waals surface area contributed by atoms with E-state index in [2.05, 4.69) is 53.2 Å². The Hall–Kier alpha value is -1.62. The average Bonchev–Trinajstić information content (AvgIpc) is 2.58. The molecule has 0 saturated carbocycles. The van der Waals surface area contributed by atoms with Crippen molar-refractivity contribution in [3.05, 3.63) is 59.9 Å². The van der Waals surface area contributed by atoms with Crippen LogP contribution in [-0.4, -0.2) is 30.2 Å². The molecule has 1 fully saturated rings. The average molecular weight is 310 g/mol. The van der Waals surface area contributed by atoms with Crippen LogP contribution in [0.15, 0.2) is 59.9 Å². The summed E-state index contributed by atoms with van der Waals surface area (Å²) in [6, 6.07) is 1.13. The van der Waals surface area contributed by atoms with Gasteiger partial charge in [-0.1, -0.05) is 36.5 Å². The van der Waals surface area contributed by atoms with E-state index in [1.54, 1.807) is 0 Å². The van der Waals surface area contributed by atoms with Crippen LogP contribution >= 0.6 is 0 Å². The summed E-state index contributed by atoms with van der Waals surface area (Å²) in [5.74, 6) is 0.485. The van der Waals surface area contributed by atoms with E-state index < -0.39 is 0 Å². The smallest absolute Gasteiger partial charge is 0.0569 e. The van der Waals surface area contributed by atoms with Crippen molar-refractivity contribution in [2.24, 2.45) is 17.4 Å². The minimum Gasteiger partial charge on any atom is -0.378 e. The summed E-state index contributed by atoms with van der Waals surface area (Å²) in [4.78, 5) is 0. The molecular weight excluding hydrogens is 284 g/mol. The van der Waals surface area contributed by atoms with Gasteiger partial charge in [0.1, 0.15) is 0 Å². The first kappa shape index (κ1) is 14.9. The summed E-state index contributed by atoms with van der Waals surface area (Å²) >= 11 is 0. The first-order valence-electron chi connectivity index (χ1n) is 8.69. The molecule has 0 bridgehead atoms. The van der Waals surface area contributed by atoms with Crippen LogP contribution in [0.3, 0.4) is 0 Å². The standard InChI is InChI=1S/C19H26N4/c20-15-10-9-12(11-16(15)21)22-19-13-5-1-3-7-17(13)23-18-8-4-2-6-14(18)19/h1-3,5-6,9-11,14-19,22-23H,4,7-8,20-21H2/t14?,15?,16?,17-,18?,19?/m0/s1. The molecule has 4 heteroatoms. The van der Waals surface area contributed by atoms with Crippen LogP contribution in [-0.2, 0) is 0 Å². The number of piperidine rings is 1. The van der Waals surface area contributed by atoms with Crippen molar-refractivity contribution in [2.45, 2.75) is 49.5 Å². The van der Waals surface area contributed by atoms with Crippen molar-refractivity contribution >= 4 is 0 Å². The lowest BCUT2D eigenvalue weighted by molar-refractivity contribution is 0.256. The van der Waals surface area contributed by atoms with Gasteiger partial charge in [0.25, 0.3) is 0 Å². The van der Waals surface area contributed by atoms with Crippen molar-refractivity contribution in [1.82, 2.24) is 10.6 Å². The molecule has 4 rings (SSSR count). The maximum absolute atomic E-state index is 6.09. The third-order valence-corrected chi connectivity index (χ3v) is 5.46. The van der Waals surface area contributed by atoms with E-state index in [1.807, 2.05) is 6.08 Å². The van der Waals surface area contributed by atoms with Gasteiger partial charge in [0.2, 0.25) is 0 Å². The van der Waals surface area contributed by atoms with E-state index in [4.69, 9.17) is 11.5 Å². The molecule has 0 amide bonds. The molecule has 3 aliphatic carbocycles. The highest BCUT2D eigenvalue weighted by atomic mass is 15.1. The first-order valence-corrected chi connectivity index (χ1v) is 8.69. The Morgan fingerprint density at radius 1 is 1.13 bits per heavy atom. The summed E-state index contributed by atoms with van der Waals surface area (Å²) in [5, 5.41) is 7.60. The van der Waals surface area contributed by atoms with Gasteiger partial charge in [-0.15, -0.1) is 0 Å². The van der Waals surface area contributed by atoms with E-state index in [0.717, 1.165) is 12.1 Å². The fourth-order valence-corrected chi connectivity index (χ4v) is 4.18. The number of rotatable bonds is 2. The minimum atomic E-state index is -0.113. The molecule has 0 aromatic rings. The normalized spacial score (nSPS) is 41.7. The highest BCUT2D eigenvalue weighted by Crippen LogP contribution is 2.34. The zero-order valence-corrected chi connectivity index (χ0v) is 13.4. The second kappa shape index (κ2) is 6.11. The molecule has 1 aliphatic heterocycles. The molecule has 4 aliphatic rings. The molecule has 122 valence electrons. The molecule has 0 aromatic heterocycles. The van der Waals surface area contributed by atoms with Crippen LogP contribution < -0.4 is 22.1 Å². The molecule has 1 saturated heterocycles. The quantitative estimate of drug-likeness (QED) is 0.579. The molecule has 6 N–H and O–H groups in total. The second-order valence-electron chi connectivity index (χ2n) is 7.00. The van der Waals surface area contributed by atoms with E-state index in [-0.39, 0.29) is 12.1 Å². The van der Waals surface area contributed by atoms with Gasteiger partial charge in [-0.2, -0.15) is 0 Å². The molecule has 4 nitrogen and oxygen atoms in total. The summed E-state index contributed by atoms with van der Waals surface area (Å²) in [6.45, 7) is 0. The summed E-state index contributed by atoms with van der Waals surface area (Å²) < 4.78 is 0. The molecule has 6 atom stereocenters. The maximum Gasteiger partial charge on any atom is 0.0569 e. The molecule has 1 heterocycles. The van der Waals surface area contributed by atoms with Gasteiger partial charge in [0, 0.05) is 35.8 Å². The Balaban J connectivity index is 1.62. The lowest BCUT2D eigenvalue weighted by Gasteiger charge is -2.46. The molecular formula is C19H26N4. The highest BCUT2D eigenvalue weighted by Gasteiger charge is 2.40. The van der Waals surface area contributed by atoms with Crippen LogP contribution in [0.25, 0.3) is 0 Å². The second-order valence-corrected chi connectivity index (χ2v) is 7.00. The first-order chi connectivity index (χ1) is 11.2. The van der Waals surface area contributed by atoms with Crippen LogP contribution in [0.5, 0.6) is 0 Å². The fraction of sp³-hybridized carbons (Fsp3) is 0.474. The van der Waals surface area contributed by atoms with Crippen molar-refractivity contribution in [3.8, 4) is 0 Å².